The molecule has 0 amide bonds. The molecule has 0 bridgehead atoms. The first-order valence-corrected chi connectivity index (χ1v) is 9.80. The Labute approximate surface area is 151 Å². The zero-order chi connectivity index (χ0) is 17.9. The van der Waals surface area contributed by atoms with E-state index in [-0.39, 0.29) is 4.90 Å². The summed E-state index contributed by atoms with van der Waals surface area (Å²) in [6, 6.07) is 22.8. The van der Waals surface area contributed by atoms with Crippen LogP contribution in [-0.4, -0.2) is 13.0 Å². The maximum atomic E-state index is 13.4. The summed E-state index contributed by atoms with van der Waals surface area (Å²) in [7, 11) is -3.73. The van der Waals surface area contributed by atoms with Gasteiger partial charge in [-0.05, 0) is 35.0 Å². The summed E-state index contributed by atoms with van der Waals surface area (Å²) in [5.74, 6) is 0.643. The molecule has 0 atom stereocenters. The van der Waals surface area contributed by atoms with E-state index in [4.69, 9.17) is 0 Å². The summed E-state index contributed by atoms with van der Waals surface area (Å²) in [5.41, 5.74) is 1.57. The van der Waals surface area contributed by atoms with Crippen molar-refractivity contribution in [1.82, 2.24) is 4.57 Å². The van der Waals surface area contributed by atoms with Crippen molar-refractivity contribution in [2.45, 2.75) is 11.4 Å². The van der Waals surface area contributed by atoms with Crippen molar-refractivity contribution in [1.29, 1.82) is 0 Å². The van der Waals surface area contributed by atoms with Gasteiger partial charge in [-0.15, -0.1) is 0 Å². The SMILES string of the molecule is C=C1Cn2c(cc3ccccc32)N1S(=O)(=O)c1ccc2ccccc2c1. The minimum atomic E-state index is -3.73. The van der Waals surface area contributed by atoms with Crippen LogP contribution in [0.4, 0.5) is 5.82 Å². The lowest BCUT2D eigenvalue weighted by molar-refractivity contribution is 0.595. The Balaban J connectivity index is 1.70. The number of sulfonamides is 1. The van der Waals surface area contributed by atoms with Crippen LogP contribution >= 0.6 is 0 Å². The second-order valence-electron chi connectivity index (χ2n) is 6.49. The first-order valence-electron chi connectivity index (χ1n) is 8.36. The van der Waals surface area contributed by atoms with Gasteiger partial charge in [-0.1, -0.05) is 55.1 Å². The highest BCUT2D eigenvalue weighted by molar-refractivity contribution is 7.93. The average Bonchev–Trinajstić information content (AvgIpc) is 3.15. The fraction of sp³-hybridized carbons (Fsp3) is 0.0476. The number of para-hydroxylation sites is 1. The molecule has 1 aliphatic heterocycles. The van der Waals surface area contributed by atoms with Crippen LogP contribution in [0.2, 0.25) is 0 Å². The third-order valence-corrected chi connectivity index (χ3v) is 6.66. The summed E-state index contributed by atoms with van der Waals surface area (Å²) in [5, 5.41) is 2.94. The molecule has 0 unspecified atom stereocenters. The predicted octanol–water partition coefficient (Wildman–Crippen LogP) is 4.52. The van der Waals surface area contributed by atoms with Gasteiger partial charge in [0.15, 0.2) is 0 Å². The molecule has 26 heavy (non-hydrogen) atoms. The van der Waals surface area contributed by atoms with Crippen molar-refractivity contribution in [3.8, 4) is 0 Å². The van der Waals surface area contributed by atoms with Gasteiger partial charge in [-0.25, -0.2) is 12.7 Å². The van der Waals surface area contributed by atoms with Gasteiger partial charge in [0.1, 0.15) is 5.82 Å². The summed E-state index contributed by atoms with van der Waals surface area (Å²) in [4.78, 5) is 0.274. The maximum Gasteiger partial charge on any atom is 0.269 e. The number of rotatable bonds is 2. The lowest BCUT2D eigenvalue weighted by Crippen LogP contribution is -2.27. The molecule has 3 aromatic carbocycles. The molecule has 0 spiro atoms. The van der Waals surface area contributed by atoms with E-state index in [1.165, 1.54) is 4.31 Å². The molecular formula is C21H16N2O2S. The lowest BCUT2D eigenvalue weighted by Gasteiger charge is -2.19. The van der Waals surface area contributed by atoms with Gasteiger partial charge in [-0.3, -0.25) is 0 Å². The van der Waals surface area contributed by atoms with Crippen molar-refractivity contribution >= 4 is 37.5 Å². The normalized spacial score (nSPS) is 14.3. The number of benzene rings is 3. The lowest BCUT2D eigenvalue weighted by atomic mass is 10.1. The molecule has 4 nitrogen and oxygen atoms in total. The Morgan fingerprint density at radius 1 is 0.808 bits per heavy atom. The summed E-state index contributed by atoms with van der Waals surface area (Å²) in [6.07, 6.45) is 0. The smallest absolute Gasteiger partial charge is 0.269 e. The first kappa shape index (κ1) is 15.2. The van der Waals surface area contributed by atoms with Crippen molar-refractivity contribution in [2.75, 3.05) is 4.31 Å². The molecular weight excluding hydrogens is 344 g/mol. The Morgan fingerprint density at radius 3 is 2.31 bits per heavy atom. The molecule has 128 valence electrons. The van der Waals surface area contributed by atoms with E-state index in [1.807, 2.05) is 65.2 Å². The van der Waals surface area contributed by atoms with Gasteiger partial charge in [-0.2, -0.15) is 0 Å². The second-order valence-corrected chi connectivity index (χ2v) is 8.28. The molecule has 1 aliphatic rings. The van der Waals surface area contributed by atoms with Crippen molar-refractivity contribution in [2.24, 2.45) is 0 Å². The Kier molecular flexibility index (Phi) is 3.06. The molecule has 1 aromatic heterocycles. The number of nitrogens with zero attached hydrogens (tertiary/aromatic N) is 2. The van der Waals surface area contributed by atoms with Crippen molar-refractivity contribution in [3.05, 3.63) is 85.1 Å². The van der Waals surface area contributed by atoms with Gasteiger partial charge >= 0.3 is 0 Å². The van der Waals surface area contributed by atoms with Gasteiger partial charge in [0.25, 0.3) is 10.0 Å². The fourth-order valence-corrected chi connectivity index (χ4v) is 5.19. The molecule has 0 radical (unpaired) electrons. The van der Waals surface area contributed by atoms with Crippen LogP contribution < -0.4 is 4.31 Å². The van der Waals surface area contributed by atoms with E-state index in [1.54, 1.807) is 12.1 Å². The van der Waals surface area contributed by atoms with E-state index in [9.17, 15) is 8.42 Å². The number of allylic oxidation sites excluding steroid dienone is 1. The van der Waals surface area contributed by atoms with Gasteiger partial charge in [0.2, 0.25) is 0 Å². The number of hydrogen-bond donors (Lipinski definition) is 0. The molecule has 0 saturated carbocycles. The topological polar surface area (TPSA) is 42.3 Å². The van der Waals surface area contributed by atoms with Crippen molar-refractivity contribution in [3.63, 3.8) is 0 Å². The standard InChI is InChI=1S/C21H16N2O2S/c1-15-14-22-20-9-5-4-8-18(20)13-21(22)23(15)26(24,25)19-11-10-16-6-2-3-7-17(16)12-19/h2-13H,1,14H2. The zero-order valence-electron chi connectivity index (χ0n) is 14.0. The monoisotopic (exact) mass is 360 g/mol. The highest BCUT2D eigenvalue weighted by Crippen LogP contribution is 2.39. The molecule has 0 fully saturated rings. The molecule has 0 saturated heterocycles. The molecule has 4 aromatic rings. The zero-order valence-corrected chi connectivity index (χ0v) is 14.8. The van der Waals surface area contributed by atoms with Gasteiger partial charge < -0.3 is 4.57 Å². The molecule has 0 N–H and O–H groups in total. The average molecular weight is 360 g/mol. The maximum absolute atomic E-state index is 13.4. The number of aromatic nitrogens is 1. The van der Waals surface area contributed by atoms with E-state index in [2.05, 4.69) is 6.58 Å². The van der Waals surface area contributed by atoms with E-state index < -0.39 is 10.0 Å². The number of fused-ring (bicyclic) bond motifs is 4. The second kappa shape index (κ2) is 5.22. The molecule has 5 heteroatoms. The third kappa shape index (κ3) is 2.04. The molecule has 2 heterocycles. The van der Waals surface area contributed by atoms with Crippen molar-refractivity contribution < 1.29 is 8.42 Å². The van der Waals surface area contributed by atoms with E-state index in [0.29, 0.717) is 18.1 Å². The van der Waals surface area contributed by atoms with Crippen LogP contribution in [0.15, 0.2) is 90.0 Å². The van der Waals surface area contributed by atoms with Crippen LogP contribution in [-0.2, 0) is 16.6 Å². The van der Waals surface area contributed by atoms with Crippen LogP contribution in [0.25, 0.3) is 21.7 Å². The Hall–Kier alpha value is -3.05. The number of hydrogen-bond acceptors (Lipinski definition) is 2. The number of anilines is 1. The third-order valence-electron chi connectivity index (χ3n) is 4.88. The minimum Gasteiger partial charge on any atom is -0.320 e. The Bertz CT molecular complexity index is 1300. The van der Waals surface area contributed by atoms with Crippen LogP contribution in [0.1, 0.15) is 0 Å². The first-order chi connectivity index (χ1) is 12.6. The van der Waals surface area contributed by atoms with Gasteiger partial charge in [0.05, 0.1) is 17.0 Å². The van der Waals surface area contributed by atoms with E-state index >= 15 is 0 Å². The summed E-state index contributed by atoms with van der Waals surface area (Å²) in [6.45, 7) is 4.48. The largest absolute Gasteiger partial charge is 0.320 e. The molecule has 5 rings (SSSR count). The van der Waals surface area contributed by atoms with Crippen LogP contribution in [0.3, 0.4) is 0 Å². The molecule has 0 aliphatic carbocycles. The quantitative estimate of drug-likeness (QED) is 0.527. The van der Waals surface area contributed by atoms with E-state index in [0.717, 1.165) is 21.7 Å². The van der Waals surface area contributed by atoms with Crippen LogP contribution in [0, 0.1) is 0 Å². The highest BCUT2D eigenvalue weighted by atomic mass is 32.2. The minimum absolute atomic E-state index is 0.274. The van der Waals surface area contributed by atoms with Gasteiger partial charge in [0, 0.05) is 11.1 Å². The fourth-order valence-electron chi connectivity index (χ4n) is 3.67. The Morgan fingerprint density at radius 2 is 1.50 bits per heavy atom. The summed E-state index contributed by atoms with van der Waals surface area (Å²) < 4.78 is 30.1. The summed E-state index contributed by atoms with van der Waals surface area (Å²) >= 11 is 0. The van der Waals surface area contributed by atoms with Crippen LogP contribution in [0.5, 0.6) is 0 Å². The predicted molar refractivity (Wildman–Crippen MR) is 105 cm³/mol. The highest BCUT2D eigenvalue weighted by Gasteiger charge is 2.35.